The average molecular weight is 333 g/mol. The third-order valence-electron chi connectivity index (χ3n) is 2.35. The highest BCUT2D eigenvalue weighted by Gasteiger charge is 2.08. The average Bonchev–Trinajstić information content (AvgIpc) is 2.70. The molecule has 0 amide bonds. The molecule has 90 valence electrons. The minimum Gasteiger partial charge on any atom is -0.506 e. The molecule has 5 heteroatoms. The molecule has 0 saturated carbocycles. The molecule has 2 N–H and O–H groups in total. The van der Waals surface area contributed by atoms with Gasteiger partial charge in [-0.2, -0.15) is 0 Å². The number of rotatable bonds is 3. The molecule has 17 heavy (non-hydrogen) atoms. The topological polar surface area (TPSA) is 32.3 Å². The lowest BCUT2D eigenvalue weighted by Crippen LogP contribution is -2.04. The van der Waals surface area contributed by atoms with Gasteiger partial charge >= 0.3 is 0 Å². The van der Waals surface area contributed by atoms with Crippen molar-refractivity contribution in [2.75, 3.05) is 5.32 Å². The van der Waals surface area contributed by atoms with E-state index in [-0.39, 0.29) is 11.8 Å². The highest BCUT2D eigenvalue weighted by atomic mass is 79.9. The van der Waals surface area contributed by atoms with Gasteiger partial charge in [0.05, 0.1) is 14.9 Å². The van der Waals surface area contributed by atoms with Crippen LogP contribution in [0, 0.1) is 0 Å². The zero-order chi connectivity index (χ0) is 12.4. The Morgan fingerprint density at radius 1 is 1.35 bits per heavy atom. The number of phenolic OH excluding ortho intramolecular Hbond substituents is 1. The molecule has 0 aliphatic rings. The predicted octanol–water partition coefficient (Wildman–Crippen LogP) is 5.04. The number of benzene rings is 1. The molecule has 0 spiro atoms. The quantitative estimate of drug-likeness (QED) is 0.772. The second kappa shape index (κ2) is 5.29. The Balaban J connectivity index is 2.12. The fourth-order valence-corrected chi connectivity index (χ4v) is 3.09. The van der Waals surface area contributed by atoms with E-state index in [0.29, 0.717) is 5.02 Å². The van der Waals surface area contributed by atoms with Gasteiger partial charge in [-0.05, 0) is 53.2 Å². The van der Waals surface area contributed by atoms with E-state index in [2.05, 4.69) is 34.2 Å². The lowest BCUT2D eigenvalue weighted by molar-refractivity contribution is 0.475. The van der Waals surface area contributed by atoms with Crippen LogP contribution in [-0.4, -0.2) is 5.11 Å². The van der Waals surface area contributed by atoms with Crippen molar-refractivity contribution in [3.8, 4) is 5.75 Å². The van der Waals surface area contributed by atoms with E-state index >= 15 is 0 Å². The lowest BCUT2D eigenvalue weighted by atomic mass is 10.2. The normalized spacial score (nSPS) is 12.4. The van der Waals surface area contributed by atoms with Crippen molar-refractivity contribution >= 4 is 44.6 Å². The predicted molar refractivity (Wildman–Crippen MR) is 77.2 cm³/mol. The minimum atomic E-state index is 0.101. The van der Waals surface area contributed by atoms with Crippen LogP contribution >= 0.6 is 38.9 Å². The molecule has 0 aliphatic heterocycles. The second-order valence-corrected chi connectivity index (χ2v) is 6.58. The van der Waals surface area contributed by atoms with Crippen molar-refractivity contribution in [2.45, 2.75) is 13.0 Å². The SMILES string of the molecule is CC(Nc1ccc(O)c(Cl)c1)c1ccc(Br)s1. The Kier molecular flexibility index (Phi) is 3.97. The van der Waals surface area contributed by atoms with Gasteiger partial charge in [-0.1, -0.05) is 11.6 Å². The third-order valence-corrected chi connectivity index (χ3v) is 4.46. The Hall–Kier alpha value is -0.710. The van der Waals surface area contributed by atoms with E-state index in [1.54, 1.807) is 29.5 Å². The molecule has 2 nitrogen and oxygen atoms in total. The van der Waals surface area contributed by atoms with Crippen molar-refractivity contribution in [3.05, 3.63) is 44.0 Å². The van der Waals surface area contributed by atoms with Gasteiger partial charge < -0.3 is 10.4 Å². The number of nitrogens with one attached hydrogen (secondary N) is 1. The largest absolute Gasteiger partial charge is 0.506 e. The maximum absolute atomic E-state index is 9.33. The monoisotopic (exact) mass is 331 g/mol. The van der Waals surface area contributed by atoms with Crippen LogP contribution in [0.2, 0.25) is 5.02 Å². The molecule has 1 aromatic carbocycles. The van der Waals surface area contributed by atoms with Crippen LogP contribution in [-0.2, 0) is 0 Å². The maximum atomic E-state index is 9.33. The highest BCUT2D eigenvalue weighted by Crippen LogP contribution is 2.31. The summed E-state index contributed by atoms with van der Waals surface area (Å²) in [6.07, 6.45) is 0. The van der Waals surface area contributed by atoms with E-state index < -0.39 is 0 Å². The summed E-state index contributed by atoms with van der Waals surface area (Å²) in [4.78, 5) is 1.24. The Morgan fingerprint density at radius 2 is 2.12 bits per heavy atom. The van der Waals surface area contributed by atoms with Gasteiger partial charge in [0, 0.05) is 10.6 Å². The molecule has 1 atom stereocenters. The Bertz CT molecular complexity index is 529. The smallest absolute Gasteiger partial charge is 0.134 e. The van der Waals surface area contributed by atoms with Crippen LogP contribution in [0.15, 0.2) is 34.1 Å². The minimum absolute atomic E-state index is 0.101. The number of phenols is 1. The molecule has 0 bridgehead atoms. The molecule has 1 aromatic heterocycles. The molecule has 0 aliphatic carbocycles. The summed E-state index contributed by atoms with van der Waals surface area (Å²) in [5.74, 6) is 0.101. The molecule has 1 heterocycles. The summed E-state index contributed by atoms with van der Waals surface area (Å²) in [5.41, 5.74) is 0.893. The molecule has 2 rings (SSSR count). The third kappa shape index (κ3) is 3.15. The van der Waals surface area contributed by atoms with Gasteiger partial charge in [-0.3, -0.25) is 0 Å². The van der Waals surface area contributed by atoms with E-state index in [4.69, 9.17) is 11.6 Å². The van der Waals surface area contributed by atoms with Crippen molar-refractivity contribution in [3.63, 3.8) is 0 Å². The van der Waals surface area contributed by atoms with Crippen LogP contribution < -0.4 is 5.32 Å². The van der Waals surface area contributed by atoms with Crippen molar-refractivity contribution in [1.82, 2.24) is 0 Å². The number of halogens is 2. The van der Waals surface area contributed by atoms with Gasteiger partial charge in [-0.15, -0.1) is 11.3 Å². The molecular formula is C12H11BrClNOS. The molecule has 0 fully saturated rings. The first-order chi connectivity index (χ1) is 8.06. The van der Waals surface area contributed by atoms with E-state index in [1.165, 1.54) is 4.88 Å². The maximum Gasteiger partial charge on any atom is 0.134 e. The van der Waals surface area contributed by atoms with Gasteiger partial charge in [0.1, 0.15) is 5.75 Å². The van der Waals surface area contributed by atoms with Gasteiger partial charge in [0.15, 0.2) is 0 Å². The standard InChI is InChI=1S/C12H11BrClNOS/c1-7(11-4-5-12(13)17-11)15-8-2-3-10(16)9(14)6-8/h2-7,15-16H,1H3. The summed E-state index contributed by atoms with van der Waals surface area (Å²) < 4.78 is 1.12. The van der Waals surface area contributed by atoms with Crippen LogP contribution in [0.1, 0.15) is 17.8 Å². The van der Waals surface area contributed by atoms with Gasteiger partial charge in [0.2, 0.25) is 0 Å². The number of aromatic hydroxyl groups is 1. The fourth-order valence-electron chi connectivity index (χ4n) is 1.48. The van der Waals surface area contributed by atoms with Crippen molar-refractivity contribution in [1.29, 1.82) is 0 Å². The molecule has 0 saturated heterocycles. The van der Waals surface area contributed by atoms with Gasteiger partial charge in [-0.25, -0.2) is 0 Å². The van der Waals surface area contributed by atoms with Crippen molar-refractivity contribution in [2.24, 2.45) is 0 Å². The second-order valence-electron chi connectivity index (χ2n) is 3.67. The molecular weight excluding hydrogens is 322 g/mol. The summed E-state index contributed by atoms with van der Waals surface area (Å²) >= 11 is 11.0. The zero-order valence-corrected chi connectivity index (χ0v) is 12.2. The van der Waals surface area contributed by atoms with E-state index in [9.17, 15) is 5.11 Å². The molecule has 1 unspecified atom stereocenters. The summed E-state index contributed by atoms with van der Waals surface area (Å²) in [5, 5.41) is 13.0. The number of thiophene rings is 1. The first kappa shape index (κ1) is 12.7. The number of anilines is 1. The Morgan fingerprint density at radius 3 is 2.71 bits per heavy atom. The van der Waals surface area contributed by atoms with Crippen LogP contribution in [0.5, 0.6) is 5.75 Å². The summed E-state index contributed by atoms with van der Waals surface area (Å²) in [6.45, 7) is 2.08. The Labute approximate surface area is 117 Å². The summed E-state index contributed by atoms with van der Waals surface area (Å²) in [7, 11) is 0. The van der Waals surface area contributed by atoms with E-state index in [0.717, 1.165) is 9.47 Å². The molecule has 0 radical (unpaired) electrons. The first-order valence-electron chi connectivity index (χ1n) is 5.06. The number of hydrogen-bond donors (Lipinski definition) is 2. The summed E-state index contributed by atoms with van der Waals surface area (Å²) in [6, 6.07) is 9.42. The van der Waals surface area contributed by atoms with Crippen molar-refractivity contribution < 1.29 is 5.11 Å². The highest BCUT2D eigenvalue weighted by molar-refractivity contribution is 9.11. The lowest BCUT2D eigenvalue weighted by Gasteiger charge is -2.14. The number of hydrogen-bond acceptors (Lipinski definition) is 3. The van der Waals surface area contributed by atoms with Crippen LogP contribution in [0.3, 0.4) is 0 Å². The fraction of sp³-hybridized carbons (Fsp3) is 0.167. The van der Waals surface area contributed by atoms with E-state index in [1.807, 2.05) is 6.07 Å². The first-order valence-corrected chi connectivity index (χ1v) is 7.05. The molecule has 2 aromatic rings. The zero-order valence-electron chi connectivity index (χ0n) is 9.08. The van der Waals surface area contributed by atoms with Crippen LogP contribution in [0.25, 0.3) is 0 Å². The van der Waals surface area contributed by atoms with Crippen LogP contribution in [0.4, 0.5) is 5.69 Å². The van der Waals surface area contributed by atoms with Gasteiger partial charge in [0.25, 0.3) is 0 Å².